The van der Waals surface area contributed by atoms with E-state index >= 15 is 0 Å². The second-order valence-corrected chi connectivity index (χ2v) is 9.56. The topological polar surface area (TPSA) is 173 Å². The predicted octanol–water partition coefficient (Wildman–Crippen LogP) is -0.0585. The number of carbonyl (C=O) groups excluding carboxylic acids is 2. The lowest BCUT2D eigenvalue weighted by atomic mass is 10.2. The number of carbonyl (C=O) groups is 4. The van der Waals surface area contributed by atoms with Crippen LogP contribution in [0.4, 0.5) is 5.69 Å². The molecule has 0 bridgehead atoms. The lowest BCUT2D eigenvalue weighted by Gasteiger charge is -2.16. The van der Waals surface area contributed by atoms with Gasteiger partial charge in [0.05, 0.1) is 11.4 Å². The van der Waals surface area contributed by atoms with Crippen LogP contribution in [-0.4, -0.2) is 91.9 Å². The molecule has 33 heavy (non-hydrogen) atoms. The quantitative estimate of drug-likeness (QED) is 0.275. The molecule has 2 amide bonds. The minimum absolute atomic E-state index is 0.123. The monoisotopic (exact) mass is 486 g/mol. The van der Waals surface area contributed by atoms with Gasteiger partial charge < -0.3 is 25.7 Å². The Kier molecular flexibility index (Phi) is 10.9. The minimum Gasteiger partial charge on any atom is -0.473 e. The van der Waals surface area contributed by atoms with Crippen molar-refractivity contribution in [2.24, 2.45) is 0 Å². The molecule has 12 nitrogen and oxygen atoms in total. The molecule has 184 valence electrons. The van der Waals surface area contributed by atoms with E-state index in [1.807, 2.05) is 4.90 Å². The highest BCUT2D eigenvalue weighted by Crippen LogP contribution is 2.22. The molecule has 0 aromatic heterocycles. The van der Waals surface area contributed by atoms with Crippen LogP contribution in [0.2, 0.25) is 0 Å². The van der Waals surface area contributed by atoms with Crippen LogP contribution in [0.1, 0.15) is 24.8 Å². The van der Waals surface area contributed by atoms with Crippen LogP contribution in [0.25, 0.3) is 0 Å². The summed E-state index contributed by atoms with van der Waals surface area (Å²) in [5.41, 5.74) is 1.06. The Bertz CT molecular complexity index is 966. The largest absolute Gasteiger partial charge is 0.473 e. The van der Waals surface area contributed by atoms with Gasteiger partial charge in [-0.25, -0.2) is 22.3 Å². The van der Waals surface area contributed by atoms with Crippen molar-refractivity contribution in [1.29, 1.82) is 0 Å². The Morgan fingerprint density at radius 1 is 1.15 bits per heavy atom. The summed E-state index contributed by atoms with van der Waals surface area (Å²) in [5, 5.41) is 20.5. The van der Waals surface area contributed by atoms with Gasteiger partial charge in [0, 0.05) is 39.3 Å². The number of nitrogens with zero attached hydrogens (tertiary/aromatic N) is 2. The Hall–Kier alpha value is -3.03. The number of carboxylic acid groups (broad SMARTS) is 2. The number of nitrogens with one attached hydrogen (secondary N) is 2. The number of amides is 2. The highest BCUT2D eigenvalue weighted by molar-refractivity contribution is 7.89. The fraction of sp³-hybridized carbons (Fsp3) is 0.500. The Labute approximate surface area is 192 Å². The summed E-state index contributed by atoms with van der Waals surface area (Å²) in [7, 11) is -0.625. The molecule has 2 rings (SSSR count). The third kappa shape index (κ3) is 9.16. The van der Waals surface area contributed by atoms with Gasteiger partial charge in [0.2, 0.25) is 21.8 Å². The van der Waals surface area contributed by atoms with Crippen LogP contribution in [0.15, 0.2) is 23.1 Å². The van der Waals surface area contributed by atoms with E-state index in [9.17, 15) is 18.0 Å². The molecule has 0 aliphatic carbocycles. The lowest BCUT2D eigenvalue weighted by molar-refractivity contribution is -0.159. The van der Waals surface area contributed by atoms with Gasteiger partial charge in [-0.05, 0) is 44.0 Å². The summed E-state index contributed by atoms with van der Waals surface area (Å²) in [4.78, 5) is 43.8. The van der Waals surface area contributed by atoms with Crippen molar-refractivity contribution in [3.63, 3.8) is 0 Å². The maximum Gasteiger partial charge on any atom is 0.414 e. The van der Waals surface area contributed by atoms with Gasteiger partial charge >= 0.3 is 11.9 Å². The fourth-order valence-electron chi connectivity index (χ4n) is 2.89. The lowest BCUT2D eigenvalue weighted by Crippen LogP contribution is -2.32. The smallest absolute Gasteiger partial charge is 0.414 e. The van der Waals surface area contributed by atoms with Gasteiger partial charge in [-0.1, -0.05) is 6.07 Å². The van der Waals surface area contributed by atoms with Crippen LogP contribution in [0.3, 0.4) is 0 Å². The van der Waals surface area contributed by atoms with E-state index in [1.165, 1.54) is 20.2 Å². The van der Waals surface area contributed by atoms with E-state index in [2.05, 4.69) is 10.6 Å². The van der Waals surface area contributed by atoms with Crippen molar-refractivity contribution >= 4 is 39.5 Å². The van der Waals surface area contributed by atoms with Crippen molar-refractivity contribution < 1.29 is 37.8 Å². The van der Waals surface area contributed by atoms with Gasteiger partial charge in [0.1, 0.15) is 0 Å². The standard InChI is InChI=1S/C18H28N4O4S.C2H2O4/c1-14-7-8-15(12-16(14)27(25,26)21(2)3)20-17(23)13-19-9-5-11-22-10-4-6-18(22)24;3-1(4)2(5)6/h7-8,12,19H,4-6,9-11,13H2,1-3H3,(H,20,23);(H,3,4)(H,5,6). The molecule has 1 aliphatic rings. The van der Waals surface area contributed by atoms with Crippen LogP contribution < -0.4 is 10.6 Å². The maximum atomic E-state index is 12.3. The number of likely N-dealkylation sites (tertiary alicyclic amines) is 1. The van der Waals surface area contributed by atoms with Gasteiger partial charge in [-0.15, -0.1) is 0 Å². The normalized spacial score (nSPS) is 13.5. The van der Waals surface area contributed by atoms with Crippen LogP contribution >= 0.6 is 0 Å². The summed E-state index contributed by atoms with van der Waals surface area (Å²) < 4.78 is 25.8. The zero-order valence-electron chi connectivity index (χ0n) is 18.8. The summed E-state index contributed by atoms with van der Waals surface area (Å²) in [5.74, 6) is -3.69. The summed E-state index contributed by atoms with van der Waals surface area (Å²) in [6, 6.07) is 4.83. The molecular formula is C20H30N4O8S. The third-order valence-corrected chi connectivity index (χ3v) is 6.61. The molecule has 1 aromatic carbocycles. The zero-order valence-corrected chi connectivity index (χ0v) is 19.6. The van der Waals surface area contributed by atoms with Gasteiger partial charge in [-0.2, -0.15) is 0 Å². The van der Waals surface area contributed by atoms with E-state index in [1.54, 1.807) is 19.1 Å². The molecule has 1 fully saturated rings. The molecule has 0 saturated carbocycles. The van der Waals surface area contributed by atoms with Crippen molar-refractivity contribution in [1.82, 2.24) is 14.5 Å². The van der Waals surface area contributed by atoms with E-state index in [0.717, 1.165) is 23.7 Å². The third-order valence-electron chi connectivity index (χ3n) is 4.65. The Morgan fingerprint density at radius 2 is 1.79 bits per heavy atom. The fourth-order valence-corrected chi connectivity index (χ4v) is 4.04. The van der Waals surface area contributed by atoms with Gasteiger partial charge in [0.15, 0.2) is 0 Å². The van der Waals surface area contributed by atoms with E-state index in [4.69, 9.17) is 19.8 Å². The number of rotatable bonds is 9. The SMILES string of the molecule is Cc1ccc(NC(=O)CNCCCN2CCCC2=O)cc1S(=O)(=O)N(C)C.O=C(O)C(=O)O. The number of aliphatic carboxylic acids is 2. The van der Waals surface area contributed by atoms with Gasteiger partial charge in [0.25, 0.3) is 0 Å². The van der Waals surface area contributed by atoms with Crippen molar-refractivity contribution in [3.8, 4) is 0 Å². The van der Waals surface area contributed by atoms with Crippen molar-refractivity contribution in [3.05, 3.63) is 23.8 Å². The van der Waals surface area contributed by atoms with Crippen LogP contribution in [-0.2, 0) is 29.2 Å². The number of hydrogen-bond acceptors (Lipinski definition) is 7. The first-order valence-electron chi connectivity index (χ1n) is 10.1. The molecule has 0 radical (unpaired) electrons. The molecular weight excluding hydrogens is 456 g/mol. The first kappa shape index (κ1) is 28.0. The second-order valence-electron chi connectivity index (χ2n) is 7.44. The Balaban J connectivity index is 0.000000801. The van der Waals surface area contributed by atoms with Gasteiger partial charge in [-0.3, -0.25) is 9.59 Å². The number of aryl methyl sites for hydroxylation is 1. The van der Waals surface area contributed by atoms with Crippen molar-refractivity contribution in [2.75, 3.05) is 45.6 Å². The van der Waals surface area contributed by atoms with E-state index in [-0.39, 0.29) is 23.3 Å². The van der Waals surface area contributed by atoms with Crippen LogP contribution in [0.5, 0.6) is 0 Å². The predicted molar refractivity (Wildman–Crippen MR) is 119 cm³/mol. The summed E-state index contributed by atoms with van der Waals surface area (Å²) in [6.07, 6.45) is 2.35. The highest BCUT2D eigenvalue weighted by atomic mass is 32.2. The second kappa shape index (κ2) is 12.9. The number of sulfonamides is 1. The minimum atomic E-state index is -3.57. The summed E-state index contributed by atoms with van der Waals surface area (Å²) in [6.45, 7) is 4.00. The molecule has 13 heteroatoms. The maximum absolute atomic E-state index is 12.3. The van der Waals surface area contributed by atoms with Crippen LogP contribution in [0, 0.1) is 6.92 Å². The first-order valence-corrected chi connectivity index (χ1v) is 11.6. The molecule has 0 spiro atoms. The molecule has 0 unspecified atom stereocenters. The molecule has 1 aromatic rings. The average molecular weight is 487 g/mol. The highest BCUT2D eigenvalue weighted by Gasteiger charge is 2.21. The first-order chi connectivity index (χ1) is 15.4. The molecule has 0 atom stereocenters. The number of benzene rings is 1. The number of carboxylic acids is 2. The number of hydrogen-bond donors (Lipinski definition) is 4. The van der Waals surface area contributed by atoms with E-state index in [0.29, 0.717) is 30.8 Å². The number of anilines is 1. The zero-order chi connectivity index (χ0) is 25.2. The molecule has 1 heterocycles. The molecule has 4 N–H and O–H groups in total. The van der Waals surface area contributed by atoms with Crippen molar-refractivity contribution in [2.45, 2.75) is 31.1 Å². The Morgan fingerprint density at radius 3 is 2.30 bits per heavy atom. The van der Waals surface area contributed by atoms with E-state index < -0.39 is 22.0 Å². The molecule has 1 aliphatic heterocycles. The summed E-state index contributed by atoms with van der Waals surface area (Å²) >= 11 is 0. The molecule has 1 saturated heterocycles. The average Bonchev–Trinajstić information content (AvgIpc) is 3.14.